The molecule has 0 spiro atoms. The van der Waals surface area contributed by atoms with E-state index in [0.29, 0.717) is 34.0 Å². The van der Waals surface area contributed by atoms with Crippen molar-refractivity contribution in [1.82, 2.24) is 10.1 Å². The number of aryl methyl sites for hydroxylation is 2. The predicted octanol–water partition coefficient (Wildman–Crippen LogP) is 5.27. The van der Waals surface area contributed by atoms with Gasteiger partial charge in [0, 0.05) is 17.4 Å². The van der Waals surface area contributed by atoms with Crippen LogP contribution in [-0.2, 0) is 0 Å². The number of hydrogen-bond donors (Lipinski definition) is 1. The van der Waals surface area contributed by atoms with Crippen LogP contribution in [0.2, 0.25) is 0 Å². The maximum Gasteiger partial charge on any atom is 0.261 e. The summed E-state index contributed by atoms with van der Waals surface area (Å²) >= 11 is 0. The largest absolute Gasteiger partial charge is 0.438 e. The second-order valence-corrected chi connectivity index (χ2v) is 6.83. The minimum Gasteiger partial charge on any atom is -0.438 e. The summed E-state index contributed by atoms with van der Waals surface area (Å²) in [4.78, 5) is 17.1. The average molecular weight is 410 g/mol. The first-order valence-corrected chi connectivity index (χ1v) is 9.53. The molecule has 0 unspecified atom stereocenters. The zero-order valence-electron chi connectivity index (χ0n) is 16.9. The van der Waals surface area contributed by atoms with Crippen LogP contribution < -0.4 is 10.1 Å². The van der Waals surface area contributed by atoms with E-state index in [1.165, 1.54) is 0 Å². The number of benzene rings is 2. The molecule has 4 aromatic rings. The van der Waals surface area contributed by atoms with Crippen LogP contribution in [0.5, 0.6) is 11.6 Å². The van der Waals surface area contributed by atoms with Crippen molar-refractivity contribution in [2.45, 2.75) is 13.8 Å². The van der Waals surface area contributed by atoms with Gasteiger partial charge in [0.05, 0.1) is 0 Å². The maximum absolute atomic E-state index is 13.0. The standard InChI is InChI=1S/C24H18N4O3/c1-15-13-19(30-24-18(14-25)9-6-12-26-24)10-11-20(15)27-23(29)21-16(2)31-28-22(21)17-7-4-3-5-8-17/h3-13H,1-2H3,(H,27,29). The summed E-state index contributed by atoms with van der Waals surface area (Å²) in [5.41, 5.74) is 3.43. The minimum absolute atomic E-state index is 0.230. The SMILES string of the molecule is Cc1cc(Oc2ncccc2C#N)ccc1NC(=O)c1c(-c2ccccc2)noc1C. The number of rotatable bonds is 5. The van der Waals surface area contributed by atoms with Gasteiger partial charge in [-0.15, -0.1) is 0 Å². The van der Waals surface area contributed by atoms with Gasteiger partial charge in [-0.25, -0.2) is 4.98 Å². The Morgan fingerprint density at radius 3 is 2.65 bits per heavy atom. The van der Waals surface area contributed by atoms with Crippen molar-refractivity contribution >= 4 is 11.6 Å². The molecule has 1 N–H and O–H groups in total. The molecular weight excluding hydrogens is 392 g/mol. The van der Waals surface area contributed by atoms with E-state index in [4.69, 9.17) is 9.26 Å². The smallest absolute Gasteiger partial charge is 0.261 e. The summed E-state index contributed by atoms with van der Waals surface area (Å²) in [5, 5.41) is 16.2. The highest BCUT2D eigenvalue weighted by Crippen LogP contribution is 2.29. The van der Waals surface area contributed by atoms with Gasteiger partial charge in [0.25, 0.3) is 5.91 Å². The third-order valence-electron chi connectivity index (χ3n) is 4.69. The molecule has 0 aliphatic carbocycles. The Labute approximate surface area is 178 Å². The third-order valence-corrected chi connectivity index (χ3v) is 4.69. The molecule has 2 aromatic carbocycles. The van der Waals surface area contributed by atoms with E-state index >= 15 is 0 Å². The maximum atomic E-state index is 13.0. The van der Waals surface area contributed by atoms with Gasteiger partial charge in [-0.1, -0.05) is 35.5 Å². The fourth-order valence-corrected chi connectivity index (χ4v) is 3.13. The van der Waals surface area contributed by atoms with E-state index < -0.39 is 0 Å². The van der Waals surface area contributed by atoms with Crippen LogP contribution in [0.15, 0.2) is 71.4 Å². The molecule has 0 aliphatic heterocycles. The lowest BCUT2D eigenvalue weighted by Gasteiger charge is -2.11. The van der Waals surface area contributed by atoms with Gasteiger partial charge in [0.2, 0.25) is 5.88 Å². The molecule has 4 rings (SSSR count). The molecule has 0 aliphatic rings. The van der Waals surface area contributed by atoms with Crippen molar-refractivity contribution in [1.29, 1.82) is 5.26 Å². The Morgan fingerprint density at radius 2 is 1.90 bits per heavy atom. The molecular formula is C24H18N4O3. The second kappa shape index (κ2) is 8.51. The zero-order chi connectivity index (χ0) is 21.8. The Hall–Kier alpha value is -4.44. The average Bonchev–Trinajstić information content (AvgIpc) is 3.18. The lowest BCUT2D eigenvalue weighted by Crippen LogP contribution is -2.14. The molecule has 7 heteroatoms. The van der Waals surface area contributed by atoms with E-state index in [9.17, 15) is 10.1 Å². The minimum atomic E-state index is -0.314. The number of aromatic nitrogens is 2. The highest BCUT2D eigenvalue weighted by molar-refractivity contribution is 6.09. The van der Waals surface area contributed by atoms with Gasteiger partial charge in [-0.3, -0.25) is 4.79 Å². The summed E-state index contributed by atoms with van der Waals surface area (Å²) in [7, 11) is 0. The number of anilines is 1. The van der Waals surface area contributed by atoms with Crippen LogP contribution >= 0.6 is 0 Å². The molecule has 152 valence electrons. The summed E-state index contributed by atoms with van der Waals surface area (Å²) in [6.07, 6.45) is 1.56. The van der Waals surface area contributed by atoms with E-state index in [1.807, 2.05) is 43.3 Å². The van der Waals surface area contributed by atoms with E-state index in [1.54, 1.807) is 43.5 Å². The number of nitrogens with one attached hydrogen (secondary N) is 1. The van der Waals surface area contributed by atoms with Gasteiger partial charge < -0.3 is 14.6 Å². The second-order valence-electron chi connectivity index (χ2n) is 6.83. The van der Waals surface area contributed by atoms with Crippen LogP contribution in [0, 0.1) is 25.2 Å². The first kappa shape index (κ1) is 19.9. The Bertz CT molecular complexity index is 1290. The molecule has 2 aromatic heterocycles. The molecule has 0 fully saturated rings. The molecule has 31 heavy (non-hydrogen) atoms. The normalized spacial score (nSPS) is 10.4. The third kappa shape index (κ3) is 4.14. The highest BCUT2D eigenvalue weighted by atomic mass is 16.5. The molecule has 0 saturated carbocycles. The molecule has 0 saturated heterocycles. The molecule has 2 heterocycles. The zero-order valence-corrected chi connectivity index (χ0v) is 16.9. The van der Waals surface area contributed by atoms with E-state index in [0.717, 1.165) is 11.1 Å². The van der Waals surface area contributed by atoms with Crippen LogP contribution in [0.25, 0.3) is 11.3 Å². The number of nitriles is 1. The Kier molecular flexibility index (Phi) is 5.45. The van der Waals surface area contributed by atoms with E-state index in [2.05, 4.69) is 15.5 Å². The quantitative estimate of drug-likeness (QED) is 0.481. The first-order valence-electron chi connectivity index (χ1n) is 9.53. The van der Waals surface area contributed by atoms with Crippen molar-refractivity contribution in [2.75, 3.05) is 5.32 Å². The van der Waals surface area contributed by atoms with Crippen LogP contribution in [0.3, 0.4) is 0 Å². The molecule has 0 atom stereocenters. The summed E-state index contributed by atoms with van der Waals surface area (Å²) < 4.78 is 11.0. The van der Waals surface area contributed by atoms with Crippen molar-refractivity contribution in [3.63, 3.8) is 0 Å². The predicted molar refractivity (Wildman–Crippen MR) is 115 cm³/mol. The molecule has 0 radical (unpaired) electrons. The van der Waals surface area contributed by atoms with Crippen LogP contribution in [-0.4, -0.2) is 16.0 Å². The number of carbonyl (C=O) groups is 1. The summed E-state index contributed by atoms with van der Waals surface area (Å²) in [6, 6.07) is 20.0. The monoisotopic (exact) mass is 410 g/mol. The number of pyridine rings is 1. The lowest BCUT2D eigenvalue weighted by atomic mass is 10.1. The van der Waals surface area contributed by atoms with Gasteiger partial charge in [-0.05, 0) is 49.7 Å². The number of ether oxygens (including phenoxy) is 1. The van der Waals surface area contributed by atoms with Gasteiger partial charge >= 0.3 is 0 Å². The topological polar surface area (TPSA) is 101 Å². The molecule has 0 bridgehead atoms. The fourth-order valence-electron chi connectivity index (χ4n) is 3.13. The van der Waals surface area contributed by atoms with Gasteiger partial charge in [0.15, 0.2) is 0 Å². The molecule has 7 nitrogen and oxygen atoms in total. The summed E-state index contributed by atoms with van der Waals surface area (Å²) in [6.45, 7) is 3.56. The lowest BCUT2D eigenvalue weighted by molar-refractivity contribution is 0.102. The number of nitrogens with zero attached hydrogens (tertiary/aromatic N) is 3. The number of carbonyl (C=O) groups excluding carboxylic acids is 1. The Morgan fingerprint density at radius 1 is 1.10 bits per heavy atom. The first-order chi connectivity index (χ1) is 15.1. The number of hydrogen-bond acceptors (Lipinski definition) is 6. The van der Waals surface area contributed by atoms with Gasteiger partial charge in [-0.2, -0.15) is 5.26 Å². The van der Waals surface area contributed by atoms with Gasteiger partial charge in [0.1, 0.15) is 34.4 Å². The Balaban J connectivity index is 1.57. The van der Waals surface area contributed by atoms with Crippen molar-refractivity contribution < 1.29 is 14.1 Å². The number of amides is 1. The molecule has 1 amide bonds. The van der Waals surface area contributed by atoms with Crippen molar-refractivity contribution in [2.24, 2.45) is 0 Å². The van der Waals surface area contributed by atoms with Crippen molar-refractivity contribution in [3.8, 4) is 29.0 Å². The highest BCUT2D eigenvalue weighted by Gasteiger charge is 2.22. The van der Waals surface area contributed by atoms with Crippen molar-refractivity contribution in [3.05, 3.63) is 89.3 Å². The summed E-state index contributed by atoms with van der Waals surface area (Å²) in [5.74, 6) is 0.865. The fraction of sp³-hybridized carbons (Fsp3) is 0.0833. The van der Waals surface area contributed by atoms with Crippen LogP contribution in [0.1, 0.15) is 27.2 Å². The van der Waals surface area contributed by atoms with Crippen LogP contribution in [0.4, 0.5) is 5.69 Å². The van der Waals surface area contributed by atoms with E-state index in [-0.39, 0.29) is 11.8 Å².